The molecule has 3 aliphatic rings. The molecule has 2 heterocycles. The maximum Gasteiger partial charge on any atom is 0.123 e. The number of rotatable bonds is 6. The van der Waals surface area contributed by atoms with Crippen LogP contribution in [0.25, 0.3) is 0 Å². The van der Waals surface area contributed by atoms with Crippen LogP contribution in [0.4, 0.5) is 4.39 Å². The molecule has 23 heavy (non-hydrogen) atoms. The Labute approximate surface area is 138 Å². The Morgan fingerprint density at radius 1 is 1.17 bits per heavy atom. The minimum atomic E-state index is -0.134. The van der Waals surface area contributed by atoms with Crippen molar-refractivity contribution in [1.29, 1.82) is 0 Å². The van der Waals surface area contributed by atoms with E-state index in [0.717, 1.165) is 31.8 Å². The monoisotopic (exact) mass is 318 g/mol. The van der Waals surface area contributed by atoms with Crippen molar-refractivity contribution in [3.63, 3.8) is 0 Å². The van der Waals surface area contributed by atoms with Gasteiger partial charge in [0.05, 0.1) is 12.7 Å². The summed E-state index contributed by atoms with van der Waals surface area (Å²) >= 11 is 0. The Morgan fingerprint density at radius 3 is 2.87 bits per heavy atom. The van der Waals surface area contributed by atoms with E-state index in [1.165, 1.54) is 44.8 Å². The number of likely N-dealkylation sites (tertiary alicyclic amines) is 2. The van der Waals surface area contributed by atoms with E-state index in [1.807, 2.05) is 12.1 Å². The predicted molar refractivity (Wildman–Crippen MR) is 88.7 cm³/mol. The van der Waals surface area contributed by atoms with Crippen molar-refractivity contribution in [3.8, 4) is 0 Å². The van der Waals surface area contributed by atoms with Gasteiger partial charge >= 0.3 is 0 Å². The highest BCUT2D eigenvalue weighted by atomic mass is 19.1. The lowest BCUT2D eigenvalue weighted by Gasteiger charge is -2.27. The van der Waals surface area contributed by atoms with Crippen LogP contribution in [0.2, 0.25) is 0 Å². The fourth-order valence-electron chi connectivity index (χ4n) is 4.67. The van der Waals surface area contributed by atoms with Gasteiger partial charge < -0.3 is 9.64 Å². The fraction of sp³-hybridized carbons (Fsp3) is 0.684. The molecule has 4 rings (SSSR count). The van der Waals surface area contributed by atoms with Gasteiger partial charge in [0.25, 0.3) is 0 Å². The first kappa shape index (κ1) is 15.6. The first-order valence-electron chi connectivity index (χ1n) is 9.12. The van der Waals surface area contributed by atoms with Crippen LogP contribution in [-0.4, -0.2) is 54.7 Å². The van der Waals surface area contributed by atoms with Crippen molar-refractivity contribution in [3.05, 3.63) is 35.6 Å². The van der Waals surface area contributed by atoms with E-state index in [4.69, 9.17) is 4.74 Å². The molecular weight excluding hydrogens is 291 g/mol. The molecule has 0 amide bonds. The van der Waals surface area contributed by atoms with Gasteiger partial charge in [0.15, 0.2) is 0 Å². The Morgan fingerprint density at radius 2 is 2.04 bits per heavy atom. The number of hydrogen-bond acceptors (Lipinski definition) is 3. The minimum absolute atomic E-state index is 0.134. The molecule has 0 aromatic heterocycles. The Kier molecular flexibility index (Phi) is 4.65. The summed E-state index contributed by atoms with van der Waals surface area (Å²) in [5.41, 5.74) is 1.08. The average Bonchev–Trinajstić information content (AvgIpc) is 3.24. The first-order valence-corrected chi connectivity index (χ1v) is 9.12. The molecule has 3 atom stereocenters. The third-order valence-corrected chi connectivity index (χ3v) is 5.81. The number of fused-ring (bicyclic) bond motifs is 2. The lowest BCUT2D eigenvalue weighted by atomic mass is 10.1. The lowest BCUT2D eigenvalue weighted by Crippen LogP contribution is -2.35. The highest BCUT2D eigenvalue weighted by molar-refractivity contribution is 5.17. The van der Waals surface area contributed by atoms with Crippen LogP contribution in [0.1, 0.15) is 31.2 Å². The van der Waals surface area contributed by atoms with Crippen LogP contribution in [0.5, 0.6) is 0 Å². The van der Waals surface area contributed by atoms with Crippen LogP contribution in [0.15, 0.2) is 24.3 Å². The minimum Gasteiger partial charge on any atom is -0.375 e. The molecule has 0 radical (unpaired) electrons. The average molecular weight is 318 g/mol. The van der Waals surface area contributed by atoms with E-state index in [-0.39, 0.29) is 5.82 Å². The maximum atomic E-state index is 13.4. The zero-order chi connectivity index (χ0) is 15.6. The zero-order valence-electron chi connectivity index (χ0n) is 13.8. The molecule has 2 aliphatic heterocycles. The summed E-state index contributed by atoms with van der Waals surface area (Å²) in [6.45, 7) is 6.39. The quantitative estimate of drug-likeness (QED) is 0.802. The Balaban J connectivity index is 1.30. The Hall–Kier alpha value is -0.970. The van der Waals surface area contributed by atoms with Gasteiger partial charge in [-0.1, -0.05) is 12.1 Å². The molecule has 1 saturated carbocycles. The zero-order valence-corrected chi connectivity index (χ0v) is 13.8. The van der Waals surface area contributed by atoms with Gasteiger partial charge in [-0.2, -0.15) is 0 Å². The standard InChI is InChI=1S/C19H27FN2O/c20-17-5-3-4-15(12-17)13-22-14-16-6-7-18(22)19(16)23-11-10-21-8-1-2-9-21/h3-5,12,16,18-19H,1-2,6-11,13-14H2. The summed E-state index contributed by atoms with van der Waals surface area (Å²) in [7, 11) is 0. The highest BCUT2D eigenvalue weighted by Gasteiger charge is 2.47. The normalized spacial score (nSPS) is 31.3. The molecule has 3 nitrogen and oxygen atoms in total. The van der Waals surface area contributed by atoms with Gasteiger partial charge in [-0.25, -0.2) is 4.39 Å². The summed E-state index contributed by atoms with van der Waals surface area (Å²) in [5, 5.41) is 0. The molecule has 126 valence electrons. The second kappa shape index (κ2) is 6.88. The van der Waals surface area contributed by atoms with Crippen LogP contribution >= 0.6 is 0 Å². The van der Waals surface area contributed by atoms with E-state index in [2.05, 4.69) is 9.80 Å². The molecule has 3 fully saturated rings. The van der Waals surface area contributed by atoms with E-state index in [0.29, 0.717) is 18.1 Å². The third kappa shape index (κ3) is 3.44. The number of piperidine rings is 1. The number of hydrogen-bond donors (Lipinski definition) is 0. The molecule has 0 spiro atoms. The van der Waals surface area contributed by atoms with Crippen LogP contribution in [-0.2, 0) is 11.3 Å². The van der Waals surface area contributed by atoms with Crippen LogP contribution < -0.4 is 0 Å². The first-order chi connectivity index (χ1) is 11.3. The summed E-state index contributed by atoms with van der Waals surface area (Å²) in [4.78, 5) is 5.02. The van der Waals surface area contributed by atoms with Gasteiger partial charge in [-0.05, 0) is 62.4 Å². The molecule has 1 aliphatic carbocycles. The molecule has 3 unspecified atom stereocenters. The highest BCUT2D eigenvalue weighted by Crippen LogP contribution is 2.40. The molecule has 0 N–H and O–H groups in total. The molecule has 4 heteroatoms. The third-order valence-electron chi connectivity index (χ3n) is 5.81. The molecule has 2 bridgehead atoms. The van der Waals surface area contributed by atoms with Gasteiger partial charge in [0, 0.05) is 25.7 Å². The smallest absolute Gasteiger partial charge is 0.123 e. The second-order valence-electron chi connectivity index (χ2n) is 7.35. The van der Waals surface area contributed by atoms with Gasteiger partial charge in [0.1, 0.15) is 5.82 Å². The van der Waals surface area contributed by atoms with E-state index in [1.54, 1.807) is 6.07 Å². The van der Waals surface area contributed by atoms with Crippen molar-refractivity contribution in [2.24, 2.45) is 5.92 Å². The number of halogens is 1. The topological polar surface area (TPSA) is 15.7 Å². The van der Waals surface area contributed by atoms with Crippen molar-refractivity contribution < 1.29 is 9.13 Å². The number of benzene rings is 1. The lowest BCUT2D eigenvalue weighted by molar-refractivity contribution is 0.0174. The summed E-state index contributed by atoms with van der Waals surface area (Å²) in [5.74, 6) is 0.539. The predicted octanol–water partition coefficient (Wildman–Crippen LogP) is 2.90. The van der Waals surface area contributed by atoms with Gasteiger partial charge in [0.2, 0.25) is 0 Å². The van der Waals surface area contributed by atoms with Gasteiger partial charge in [-0.15, -0.1) is 0 Å². The molecule has 1 aromatic rings. The molecular formula is C19H27FN2O. The number of ether oxygens (including phenoxy) is 1. The van der Waals surface area contributed by atoms with Crippen molar-refractivity contribution >= 4 is 0 Å². The Bertz CT molecular complexity index is 532. The maximum absolute atomic E-state index is 13.4. The van der Waals surface area contributed by atoms with Gasteiger partial charge in [-0.3, -0.25) is 4.90 Å². The summed E-state index contributed by atoms with van der Waals surface area (Å²) in [6, 6.07) is 7.54. The van der Waals surface area contributed by atoms with Crippen molar-refractivity contribution in [2.75, 3.05) is 32.8 Å². The SMILES string of the molecule is Fc1cccc(CN2CC3CCC2C3OCCN2CCCC2)c1. The second-order valence-corrected chi connectivity index (χ2v) is 7.35. The summed E-state index contributed by atoms with van der Waals surface area (Å²) in [6.07, 6.45) is 5.60. The largest absolute Gasteiger partial charge is 0.375 e. The fourth-order valence-corrected chi connectivity index (χ4v) is 4.67. The van der Waals surface area contributed by atoms with E-state index >= 15 is 0 Å². The molecule has 2 saturated heterocycles. The number of nitrogens with zero attached hydrogens (tertiary/aromatic N) is 2. The van der Waals surface area contributed by atoms with Crippen LogP contribution in [0, 0.1) is 11.7 Å². The summed E-state index contributed by atoms with van der Waals surface area (Å²) < 4.78 is 19.7. The van der Waals surface area contributed by atoms with E-state index < -0.39 is 0 Å². The molecule has 1 aromatic carbocycles. The van der Waals surface area contributed by atoms with Crippen molar-refractivity contribution in [2.45, 2.75) is 44.4 Å². The van der Waals surface area contributed by atoms with Crippen LogP contribution in [0.3, 0.4) is 0 Å². The van der Waals surface area contributed by atoms with Crippen molar-refractivity contribution in [1.82, 2.24) is 9.80 Å². The van der Waals surface area contributed by atoms with E-state index in [9.17, 15) is 4.39 Å².